The topological polar surface area (TPSA) is 55.6 Å². The number of hydrogen-bond donors (Lipinski definition) is 1. The van der Waals surface area contributed by atoms with Crippen LogP contribution in [0.1, 0.15) is 32.4 Å². The Kier molecular flexibility index (Phi) is 5.71. The maximum atomic E-state index is 12.1. The highest BCUT2D eigenvalue weighted by Gasteiger charge is 2.12. The highest BCUT2D eigenvalue weighted by atomic mass is 32.1. The molecule has 2 aromatic heterocycles. The number of fused-ring (bicyclic) bond motifs is 1. The van der Waals surface area contributed by atoms with Crippen LogP contribution in [0.2, 0.25) is 0 Å². The Morgan fingerprint density at radius 1 is 1.28 bits per heavy atom. The van der Waals surface area contributed by atoms with Crippen LogP contribution in [0, 0.1) is 0 Å². The number of thiazole rings is 1. The zero-order valence-electron chi connectivity index (χ0n) is 14.6. The average molecular weight is 357 g/mol. The van der Waals surface area contributed by atoms with Gasteiger partial charge in [-0.2, -0.15) is 0 Å². The fourth-order valence-electron chi connectivity index (χ4n) is 2.62. The average Bonchev–Trinajstić information content (AvgIpc) is 3.18. The number of amides is 1. The summed E-state index contributed by atoms with van der Waals surface area (Å²) >= 11 is 1.56. The largest absolute Gasteiger partial charge is 0.494 e. The molecule has 2 heterocycles. The molecule has 3 rings (SSSR count). The molecule has 0 saturated heterocycles. The summed E-state index contributed by atoms with van der Waals surface area (Å²) in [5, 5.41) is 4.96. The molecular formula is C19H23N3O2S. The number of benzene rings is 1. The smallest absolute Gasteiger partial charge is 0.225 e. The van der Waals surface area contributed by atoms with Crippen LogP contribution in [0.3, 0.4) is 0 Å². The van der Waals surface area contributed by atoms with Gasteiger partial charge < -0.3 is 10.1 Å². The summed E-state index contributed by atoms with van der Waals surface area (Å²) in [7, 11) is 0. The lowest BCUT2D eigenvalue weighted by Crippen LogP contribution is -2.26. The molecule has 0 saturated carbocycles. The van der Waals surface area contributed by atoms with Gasteiger partial charge in [0.25, 0.3) is 0 Å². The van der Waals surface area contributed by atoms with E-state index in [1.807, 2.05) is 47.2 Å². The molecule has 0 fully saturated rings. The lowest BCUT2D eigenvalue weighted by molar-refractivity contribution is -0.120. The minimum Gasteiger partial charge on any atom is -0.494 e. The van der Waals surface area contributed by atoms with Gasteiger partial charge in [-0.05, 0) is 37.6 Å². The van der Waals surface area contributed by atoms with E-state index in [9.17, 15) is 4.79 Å². The minimum absolute atomic E-state index is 0.0597. The summed E-state index contributed by atoms with van der Waals surface area (Å²) in [5.74, 6) is 0.918. The molecule has 1 aromatic carbocycles. The summed E-state index contributed by atoms with van der Waals surface area (Å²) in [6.45, 7) is 5.48. The normalized spacial score (nSPS) is 11.0. The Labute approximate surface area is 151 Å². The van der Waals surface area contributed by atoms with Gasteiger partial charge in [-0.3, -0.25) is 9.20 Å². The van der Waals surface area contributed by atoms with E-state index in [1.165, 1.54) is 0 Å². The number of aromatic nitrogens is 2. The summed E-state index contributed by atoms with van der Waals surface area (Å²) in [6.07, 6.45) is 4.46. The van der Waals surface area contributed by atoms with E-state index in [0.717, 1.165) is 47.0 Å². The van der Waals surface area contributed by atoms with Crippen molar-refractivity contribution in [2.75, 3.05) is 13.2 Å². The highest BCUT2D eigenvalue weighted by molar-refractivity contribution is 7.15. The Morgan fingerprint density at radius 2 is 2.08 bits per heavy atom. The number of unbranched alkanes of at least 4 members (excludes halogenated alkanes) is 1. The maximum absolute atomic E-state index is 12.1. The SMILES string of the molecule is CCCCNC(=O)Cc1csc2nc(-c3ccc(OCC)cc3)cn12. The Hall–Kier alpha value is -2.34. The molecule has 0 unspecified atom stereocenters. The summed E-state index contributed by atoms with van der Waals surface area (Å²) in [5.41, 5.74) is 2.92. The second kappa shape index (κ2) is 8.16. The monoisotopic (exact) mass is 357 g/mol. The van der Waals surface area contributed by atoms with Gasteiger partial charge in [0.15, 0.2) is 4.96 Å². The summed E-state index contributed by atoms with van der Waals surface area (Å²) in [4.78, 5) is 17.6. The minimum atomic E-state index is 0.0597. The first-order chi connectivity index (χ1) is 12.2. The third kappa shape index (κ3) is 4.20. The number of imidazole rings is 1. The molecule has 0 atom stereocenters. The number of ether oxygens (including phenoxy) is 1. The number of nitrogens with one attached hydrogen (secondary N) is 1. The van der Waals surface area contributed by atoms with Gasteiger partial charge in [0.05, 0.1) is 18.7 Å². The van der Waals surface area contributed by atoms with Crippen molar-refractivity contribution in [3.05, 3.63) is 41.5 Å². The van der Waals surface area contributed by atoms with Crippen LogP contribution in [-0.4, -0.2) is 28.4 Å². The Bertz CT molecular complexity index is 836. The van der Waals surface area contributed by atoms with Crippen LogP contribution in [0.15, 0.2) is 35.8 Å². The lowest BCUT2D eigenvalue weighted by Gasteiger charge is -2.04. The van der Waals surface area contributed by atoms with E-state index in [0.29, 0.717) is 13.0 Å². The molecule has 3 aromatic rings. The second-order valence-electron chi connectivity index (χ2n) is 5.84. The van der Waals surface area contributed by atoms with Crippen LogP contribution in [0.4, 0.5) is 0 Å². The second-order valence-corrected chi connectivity index (χ2v) is 6.68. The third-order valence-corrected chi connectivity index (χ3v) is 4.83. The molecule has 0 bridgehead atoms. The van der Waals surface area contributed by atoms with Crippen LogP contribution in [0.25, 0.3) is 16.2 Å². The van der Waals surface area contributed by atoms with Crippen LogP contribution < -0.4 is 10.1 Å². The van der Waals surface area contributed by atoms with Crippen LogP contribution >= 0.6 is 11.3 Å². The number of rotatable bonds is 8. The predicted octanol–water partition coefficient (Wildman–Crippen LogP) is 3.92. The van der Waals surface area contributed by atoms with Crippen molar-refractivity contribution in [2.24, 2.45) is 0 Å². The van der Waals surface area contributed by atoms with Crippen molar-refractivity contribution in [1.29, 1.82) is 0 Å². The molecule has 0 aliphatic heterocycles. The number of carbonyl (C=O) groups is 1. The van der Waals surface area contributed by atoms with E-state index in [2.05, 4.69) is 17.2 Å². The van der Waals surface area contributed by atoms with Crippen molar-refractivity contribution in [3.63, 3.8) is 0 Å². The molecule has 0 aliphatic carbocycles. The standard InChI is InChI=1S/C19H23N3O2S/c1-3-5-10-20-18(23)11-15-13-25-19-21-17(12-22(15)19)14-6-8-16(9-7-14)24-4-2/h6-9,12-13H,3-5,10-11H2,1-2H3,(H,20,23). The van der Waals surface area contributed by atoms with Gasteiger partial charge in [0.1, 0.15) is 5.75 Å². The number of nitrogens with zero attached hydrogens (tertiary/aromatic N) is 2. The zero-order chi connectivity index (χ0) is 17.6. The molecule has 0 aliphatic rings. The first kappa shape index (κ1) is 17.5. The van der Waals surface area contributed by atoms with Crippen molar-refractivity contribution >= 4 is 22.2 Å². The van der Waals surface area contributed by atoms with Gasteiger partial charge >= 0.3 is 0 Å². The lowest BCUT2D eigenvalue weighted by atomic mass is 10.1. The van der Waals surface area contributed by atoms with Crippen molar-refractivity contribution in [1.82, 2.24) is 14.7 Å². The molecule has 25 heavy (non-hydrogen) atoms. The summed E-state index contributed by atoms with van der Waals surface area (Å²) in [6, 6.07) is 7.92. The van der Waals surface area contributed by atoms with E-state index in [-0.39, 0.29) is 5.91 Å². The third-order valence-electron chi connectivity index (χ3n) is 3.94. The van der Waals surface area contributed by atoms with Gasteiger partial charge in [0.2, 0.25) is 5.91 Å². The van der Waals surface area contributed by atoms with Crippen molar-refractivity contribution in [3.8, 4) is 17.0 Å². The van der Waals surface area contributed by atoms with Gasteiger partial charge in [-0.25, -0.2) is 4.98 Å². The molecule has 0 spiro atoms. The van der Waals surface area contributed by atoms with Gasteiger partial charge in [0, 0.05) is 29.4 Å². The Balaban J connectivity index is 1.74. The fraction of sp³-hybridized carbons (Fsp3) is 0.368. The summed E-state index contributed by atoms with van der Waals surface area (Å²) < 4.78 is 7.49. The molecule has 1 amide bonds. The van der Waals surface area contributed by atoms with E-state index < -0.39 is 0 Å². The molecule has 132 valence electrons. The van der Waals surface area contributed by atoms with Crippen molar-refractivity contribution in [2.45, 2.75) is 33.1 Å². The first-order valence-electron chi connectivity index (χ1n) is 8.66. The van der Waals surface area contributed by atoms with E-state index in [4.69, 9.17) is 4.74 Å². The highest BCUT2D eigenvalue weighted by Crippen LogP contribution is 2.25. The van der Waals surface area contributed by atoms with Gasteiger partial charge in [-0.1, -0.05) is 13.3 Å². The Morgan fingerprint density at radius 3 is 2.80 bits per heavy atom. The maximum Gasteiger partial charge on any atom is 0.225 e. The molecule has 5 nitrogen and oxygen atoms in total. The van der Waals surface area contributed by atoms with Crippen molar-refractivity contribution < 1.29 is 9.53 Å². The van der Waals surface area contributed by atoms with Crippen LogP contribution in [0.5, 0.6) is 5.75 Å². The van der Waals surface area contributed by atoms with E-state index in [1.54, 1.807) is 11.3 Å². The predicted molar refractivity (Wildman–Crippen MR) is 101 cm³/mol. The molecule has 6 heteroatoms. The number of hydrogen-bond acceptors (Lipinski definition) is 4. The molecule has 1 N–H and O–H groups in total. The fourth-order valence-corrected chi connectivity index (χ4v) is 3.49. The van der Waals surface area contributed by atoms with E-state index >= 15 is 0 Å². The zero-order valence-corrected chi connectivity index (χ0v) is 15.4. The molecular weight excluding hydrogens is 334 g/mol. The van der Waals surface area contributed by atoms with Crippen LogP contribution in [-0.2, 0) is 11.2 Å². The van der Waals surface area contributed by atoms with Gasteiger partial charge in [-0.15, -0.1) is 11.3 Å². The molecule has 0 radical (unpaired) electrons. The number of carbonyl (C=O) groups excluding carboxylic acids is 1. The first-order valence-corrected chi connectivity index (χ1v) is 9.54. The quantitative estimate of drug-likeness (QED) is 0.622.